The number of aromatic nitrogens is 2. The van der Waals surface area contributed by atoms with Gasteiger partial charge in [0.2, 0.25) is 0 Å². The zero-order chi connectivity index (χ0) is 15.9. The molecule has 4 nitrogen and oxygen atoms in total. The van der Waals surface area contributed by atoms with Gasteiger partial charge in [-0.05, 0) is 39.0 Å². The van der Waals surface area contributed by atoms with Crippen LogP contribution in [0.1, 0.15) is 65.9 Å². The highest BCUT2D eigenvalue weighted by Crippen LogP contribution is 2.31. The highest BCUT2D eigenvalue weighted by atomic mass is 16.5. The highest BCUT2D eigenvalue weighted by Gasteiger charge is 2.33. The fraction of sp³-hybridized carbons (Fsp3) is 0.765. The molecule has 0 aliphatic heterocycles. The molecule has 0 spiro atoms. The van der Waals surface area contributed by atoms with Crippen molar-refractivity contribution >= 4 is 5.82 Å². The van der Waals surface area contributed by atoms with Crippen molar-refractivity contribution < 1.29 is 4.74 Å². The molecule has 1 aromatic rings. The summed E-state index contributed by atoms with van der Waals surface area (Å²) in [5, 5.41) is 3.32. The molecule has 0 radical (unpaired) electrons. The molecular formula is C17H31N3O. The van der Waals surface area contributed by atoms with Crippen LogP contribution in [0.4, 0.5) is 5.82 Å². The predicted molar refractivity (Wildman–Crippen MR) is 88.6 cm³/mol. The molecule has 21 heavy (non-hydrogen) atoms. The summed E-state index contributed by atoms with van der Waals surface area (Å²) >= 11 is 0. The summed E-state index contributed by atoms with van der Waals surface area (Å²) in [6, 6.07) is 2.06. The minimum Gasteiger partial charge on any atom is -0.370 e. The van der Waals surface area contributed by atoms with Gasteiger partial charge in [-0.15, -0.1) is 0 Å². The van der Waals surface area contributed by atoms with E-state index in [1.54, 1.807) is 0 Å². The zero-order valence-corrected chi connectivity index (χ0v) is 14.5. The van der Waals surface area contributed by atoms with Crippen LogP contribution < -0.4 is 5.32 Å². The fourth-order valence-corrected chi connectivity index (χ4v) is 2.61. The van der Waals surface area contributed by atoms with E-state index in [2.05, 4.69) is 46.0 Å². The van der Waals surface area contributed by atoms with E-state index >= 15 is 0 Å². The van der Waals surface area contributed by atoms with Crippen LogP contribution in [-0.4, -0.2) is 23.1 Å². The van der Waals surface area contributed by atoms with E-state index in [1.165, 1.54) is 0 Å². The Morgan fingerprint density at radius 3 is 2.29 bits per heavy atom. The Kier molecular flexibility index (Phi) is 7.09. The first kappa shape index (κ1) is 17.9. The summed E-state index contributed by atoms with van der Waals surface area (Å²) in [5.74, 6) is 2.31. The third-order valence-electron chi connectivity index (χ3n) is 3.72. The van der Waals surface area contributed by atoms with E-state index in [9.17, 15) is 0 Å². The van der Waals surface area contributed by atoms with Crippen LogP contribution in [-0.2, 0) is 16.8 Å². The number of rotatable bonds is 9. The van der Waals surface area contributed by atoms with E-state index in [4.69, 9.17) is 14.7 Å². The third-order valence-corrected chi connectivity index (χ3v) is 3.72. The standard InChI is InChI=1S/C17H31N3O/c1-7-17(8-2,21-10-4)16-19-14(11-13(5)6)12-15(20-16)18-9-3/h12-13H,7-11H2,1-6H3,(H,18,19,20). The summed E-state index contributed by atoms with van der Waals surface area (Å²) in [4.78, 5) is 9.53. The Morgan fingerprint density at radius 1 is 1.14 bits per heavy atom. The van der Waals surface area contributed by atoms with E-state index in [1.807, 2.05) is 6.92 Å². The second kappa shape index (κ2) is 8.32. The normalized spacial score (nSPS) is 12.0. The largest absolute Gasteiger partial charge is 0.370 e. The van der Waals surface area contributed by atoms with Gasteiger partial charge in [0, 0.05) is 24.9 Å². The molecule has 0 saturated heterocycles. The average molecular weight is 293 g/mol. The molecule has 1 N–H and O–H groups in total. The van der Waals surface area contributed by atoms with E-state index in [0.29, 0.717) is 12.5 Å². The fourth-order valence-electron chi connectivity index (χ4n) is 2.61. The zero-order valence-electron chi connectivity index (χ0n) is 14.5. The molecule has 0 unspecified atom stereocenters. The molecule has 1 rings (SSSR count). The first-order valence-electron chi connectivity index (χ1n) is 8.27. The Hall–Kier alpha value is -1.16. The van der Waals surface area contributed by atoms with Gasteiger partial charge < -0.3 is 10.1 Å². The molecule has 1 aromatic heterocycles. The van der Waals surface area contributed by atoms with Crippen molar-refractivity contribution in [1.82, 2.24) is 9.97 Å². The SMILES string of the molecule is CCNc1cc(CC(C)C)nc(C(CC)(CC)OCC)n1. The van der Waals surface area contributed by atoms with E-state index in [0.717, 1.165) is 43.1 Å². The molecule has 0 atom stereocenters. The molecule has 0 amide bonds. The van der Waals surface area contributed by atoms with Gasteiger partial charge in [-0.25, -0.2) is 9.97 Å². The number of nitrogens with zero attached hydrogens (tertiary/aromatic N) is 2. The summed E-state index contributed by atoms with van der Waals surface area (Å²) < 4.78 is 6.05. The van der Waals surface area contributed by atoms with Crippen molar-refractivity contribution in [3.05, 3.63) is 17.6 Å². The van der Waals surface area contributed by atoms with Crippen LogP contribution in [0, 0.1) is 5.92 Å². The van der Waals surface area contributed by atoms with Gasteiger partial charge in [0.25, 0.3) is 0 Å². The second-order valence-corrected chi connectivity index (χ2v) is 5.83. The lowest BCUT2D eigenvalue weighted by Crippen LogP contribution is -2.31. The topological polar surface area (TPSA) is 47.0 Å². The molecular weight excluding hydrogens is 262 g/mol. The van der Waals surface area contributed by atoms with Crippen LogP contribution in [0.3, 0.4) is 0 Å². The van der Waals surface area contributed by atoms with Crippen molar-refractivity contribution in [1.29, 1.82) is 0 Å². The third kappa shape index (κ3) is 4.67. The minimum absolute atomic E-state index is 0.369. The lowest BCUT2D eigenvalue weighted by Gasteiger charge is -2.30. The van der Waals surface area contributed by atoms with Gasteiger partial charge in [-0.2, -0.15) is 0 Å². The van der Waals surface area contributed by atoms with Crippen LogP contribution in [0.5, 0.6) is 0 Å². The molecule has 120 valence electrons. The first-order chi connectivity index (χ1) is 10.0. The van der Waals surface area contributed by atoms with E-state index in [-0.39, 0.29) is 5.60 Å². The van der Waals surface area contributed by atoms with Crippen LogP contribution in [0.2, 0.25) is 0 Å². The number of nitrogens with one attached hydrogen (secondary N) is 1. The van der Waals surface area contributed by atoms with Crippen molar-refractivity contribution in [2.75, 3.05) is 18.5 Å². The monoisotopic (exact) mass is 293 g/mol. The molecule has 0 fully saturated rings. The second-order valence-electron chi connectivity index (χ2n) is 5.83. The Morgan fingerprint density at radius 2 is 1.81 bits per heavy atom. The number of ether oxygens (including phenoxy) is 1. The van der Waals surface area contributed by atoms with E-state index < -0.39 is 0 Å². The van der Waals surface area contributed by atoms with Gasteiger partial charge in [-0.3, -0.25) is 0 Å². The van der Waals surface area contributed by atoms with Gasteiger partial charge in [-0.1, -0.05) is 27.7 Å². The molecule has 1 heterocycles. The maximum Gasteiger partial charge on any atom is 0.162 e. The van der Waals surface area contributed by atoms with Gasteiger partial charge in [0.15, 0.2) is 5.82 Å². The molecule has 0 saturated carbocycles. The smallest absolute Gasteiger partial charge is 0.162 e. The van der Waals surface area contributed by atoms with Gasteiger partial charge >= 0.3 is 0 Å². The summed E-state index contributed by atoms with van der Waals surface area (Å²) in [6.07, 6.45) is 2.73. The molecule has 0 bridgehead atoms. The molecule has 0 aliphatic carbocycles. The maximum absolute atomic E-state index is 6.05. The average Bonchev–Trinajstić information content (AvgIpc) is 2.44. The number of anilines is 1. The summed E-state index contributed by atoms with van der Waals surface area (Å²) in [7, 11) is 0. The lowest BCUT2D eigenvalue weighted by molar-refractivity contribution is -0.0572. The Bertz CT molecular complexity index is 428. The number of hydrogen-bond acceptors (Lipinski definition) is 4. The number of hydrogen-bond donors (Lipinski definition) is 1. The van der Waals surface area contributed by atoms with Crippen molar-refractivity contribution in [3.8, 4) is 0 Å². The summed E-state index contributed by atoms with van der Waals surface area (Å²) in [5.41, 5.74) is 0.725. The molecule has 4 heteroatoms. The van der Waals surface area contributed by atoms with Gasteiger partial charge in [0.05, 0.1) is 0 Å². The lowest BCUT2D eigenvalue weighted by atomic mass is 9.95. The van der Waals surface area contributed by atoms with Crippen molar-refractivity contribution in [3.63, 3.8) is 0 Å². The van der Waals surface area contributed by atoms with Crippen LogP contribution in [0.25, 0.3) is 0 Å². The van der Waals surface area contributed by atoms with Crippen LogP contribution in [0.15, 0.2) is 6.07 Å². The van der Waals surface area contributed by atoms with Crippen LogP contribution >= 0.6 is 0 Å². The van der Waals surface area contributed by atoms with Crippen molar-refractivity contribution in [2.24, 2.45) is 5.92 Å². The minimum atomic E-state index is -0.369. The Balaban J connectivity index is 3.27. The maximum atomic E-state index is 6.05. The van der Waals surface area contributed by atoms with Gasteiger partial charge in [0.1, 0.15) is 11.4 Å². The highest BCUT2D eigenvalue weighted by molar-refractivity contribution is 5.37. The first-order valence-corrected chi connectivity index (χ1v) is 8.27. The molecule has 0 aromatic carbocycles. The van der Waals surface area contributed by atoms with Crippen molar-refractivity contribution in [2.45, 2.75) is 66.4 Å². The summed E-state index contributed by atoms with van der Waals surface area (Å²) in [6.45, 7) is 14.4. The Labute approximate surface area is 129 Å². The molecule has 0 aliphatic rings. The predicted octanol–water partition coefficient (Wildman–Crippen LogP) is 4.16. The quantitative estimate of drug-likeness (QED) is 0.742.